The SMILES string of the molecule is NC(Cn1c(=O)c(-c2ccccc2F)nn(Cc2ccccc2F)c1=O)c1ccccc1. The van der Waals surface area contributed by atoms with E-state index in [0.29, 0.717) is 0 Å². The Morgan fingerprint density at radius 2 is 1.47 bits per heavy atom. The van der Waals surface area contributed by atoms with E-state index >= 15 is 0 Å². The molecule has 0 fully saturated rings. The van der Waals surface area contributed by atoms with Crippen molar-refractivity contribution in [1.29, 1.82) is 0 Å². The molecule has 1 atom stereocenters. The van der Waals surface area contributed by atoms with Gasteiger partial charge < -0.3 is 5.73 Å². The lowest BCUT2D eigenvalue weighted by molar-refractivity contribution is 0.477. The van der Waals surface area contributed by atoms with Gasteiger partial charge in [0.2, 0.25) is 0 Å². The highest BCUT2D eigenvalue weighted by molar-refractivity contribution is 5.58. The molecule has 4 aromatic rings. The maximum atomic E-state index is 14.5. The molecule has 8 heteroatoms. The Balaban J connectivity index is 1.87. The van der Waals surface area contributed by atoms with E-state index in [0.717, 1.165) is 14.8 Å². The van der Waals surface area contributed by atoms with Crippen molar-refractivity contribution < 1.29 is 8.78 Å². The maximum absolute atomic E-state index is 14.5. The second-order valence-corrected chi connectivity index (χ2v) is 7.29. The van der Waals surface area contributed by atoms with Crippen molar-refractivity contribution in [2.75, 3.05) is 0 Å². The number of halogens is 2. The number of nitrogens with two attached hydrogens (primary N) is 1. The molecular weight excluding hydrogens is 414 g/mol. The molecule has 0 amide bonds. The molecule has 3 aromatic carbocycles. The molecule has 0 spiro atoms. The zero-order valence-corrected chi connectivity index (χ0v) is 17.0. The van der Waals surface area contributed by atoms with Crippen LogP contribution in [0, 0.1) is 11.6 Å². The van der Waals surface area contributed by atoms with E-state index in [9.17, 15) is 18.4 Å². The van der Waals surface area contributed by atoms with Crippen molar-refractivity contribution in [1.82, 2.24) is 14.3 Å². The van der Waals surface area contributed by atoms with Crippen LogP contribution in [-0.4, -0.2) is 14.3 Å². The number of hydrogen-bond acceptors (Lipinski definition) is 4. The lowest BCUT2D eigenvalue weighted by Gasteiger charge is -2.16. The third-order valence-electron chi connectivity index (χ3n) is 5.13. The van der Waals surface area contributed by atoms with Gasteiger partial charge in [0.1, 0.15) is 11.6 Å². The Morgan fingerprint density at radius 1 is 0.844 bits per heavy atom. The summed E-state index contributed by atoms with van der Waals surface area (Å²) in [6.07, 6.45) is 0. The first-order chi connectivity index (χ1) is 15.5. The molecular formula is C24H20F2N4O2. The Labute approximate surface area is 182 Å². The predicted molar refractivity (Wildman–Crippen MR) is 117 cm³/mol. The second-order valence-electron chi connectivity index (χ2n) is 7.29. The summed E-state index contributed by atoms with van der Waals surface area (Å²) in [5.41, 5.74) is 5.35. The highest BCUT2D eigenvalue weighted by Gasteiger charge is 2.20. The van der Waals surface area contributed by atoms with Crippen LogP contribution in [-0.2, 0) is 13.1 Å². The van der Waals surface area contributed by atoms with Crippen LogP contribution in [0.4, 0.5) is 8.78 Å². The summed E-state index contributed by atoms with van der Waals surface area (Å²) in [6, 6.07) is 19.9. The summed E-state index contributed by atoms with van der Waals surface area (Å²) in [6.45, 7) is -0.378. The number of hydrogen-bond donors (Lipinski definition) is 1. The van der Waals surface area contributed by atoms with Gasteiger partial charge in [0.25, 0.3) is 5.56 Å². The molecule has 2 N–H and O–H groups in total. The molecule has 0 saturated carbocycles. The molecule has 0 aliphatic carbocycles. The van der Waals surface area contributed by atoms with Crippen molar-refractivity contribution in [3.63, 3.8) is 0 Å². The van der Waals surface area contributed by atoms with Crippen LogP contribution >= 0.6 is 0 Å². The Morgan fingerprint density at radius 3 is 2.16 bits per heavy atom. The van der Waals surface area contributed by atoms with Gasteiger partial charge in [-0.1, -0.05) is 60.7 Å². The van der Waals surface area contributed by atoms with E-state index < -0.39 is 28.9 Å². The zero-order chi connectivity index (χ0) is 22.7. The Kier molecular flexibility index (Phi) is 6.04. The summed E-state index contributed by atoms with van der Waals surface area (Å²) in [4.78, 5) is 26.3. The summed E-state index contributed by atoms with van der Waals surface area (Å²) < 4.78 is 30.6. The van der Waals surface area contributed by atoms with Crippen molar-refractivity contribution in [2.24, 2.45) is 5.73 Å². The topological polar surface area (TPSA) is 82.9 Å². The van der Waals surface area contributed by atoms with Crippen LogP contribution in [0.1, 0.15) is 17.2 Å². The summed E-state index contributed by atoms with van der Waals surface area (Å²) in [5, 5.41) is 4.10. The van der Waals surface area contributed by atoms with Crippen molar-refractivity contribution in [3.8, 4) is 11.3 Å². The van der Waals surface area contributed by atoms with Crippen molar-refractivity contribution in [2.45, 2.75) is 19.1 Å². The van der Waals surface area contributed by atoms with Gasteiger partial charge in [-0.3, -0.25) is 9.36 Å². The molecule has 1 aromatic heterocycles. The monoisotopic (exact) mass is 434 g/mol. The standard InChI is InChI=1S/C24H20F2N4O2/c25-19-12-6-4-10-17(19)14-30-24(32)29(15-21(27)16-8-2-1-3-9-16)23(31)22(28-30)18-11-5-7-13-20(18)26/h1-13,21H,14-15,27H2. The average Bonchev–Trinajstić information content (AvgIpc) is 2.81. The van der Waals surface area contributed by atoms with Crippen LogP contribution in [0.3, 0.4) is 0 Å². The fraction of sp³-hybridized carbons (Fsp3) is 0.125. The van der Waals surface area contributed by atoms with Crippen LogP contribution < -0.4 is 17.0 Å². The van der Waals surface area contributed by atoms with Gasteiger partial charge in [0.15, 0.2) is 5.69 Å². The Bertz CT molecular complexity index is 1370. The van der Waals surface area contributed by atoms with Crippen LogP contribution in [0.5, 0.6) is 0 Å². The highest BCUT2D eigenvalue weighted by Crippen LogP contribution is 2.17. The first kappa shape index (κ1) is 21.3. The van der Waals surface area contributed by atoms with Crippen LogP contribution in [0.15, 0.2) is 88.5 Å². The van der Waals surface area contributed by atoms with Gasteiger partial charge in [-0.2, -0.15) is 5.10 Å². The van der Waals surface area contributed by atoms with Crippen LogP contribution in [0.2, 0.25) is 0 Å². The minimum atomic E-state index is -0.767. The highest BCUT2D eigenvalue weighted by atomic mass is 19.1. The van der Waals surface area contributed by atoms with E-state index in [4.69, 9.17) is 5.73 Å². The molecule has 0 aliphatic heterocycles. The molecule has 0 radical (unpaired) electrons. The van der Waals surface area contributed by atoms with E-state index in [1.807, 2.05) is 6.07 Å². The van der Waals surface area contributed by atoms with Gasteiger partial charge in [-0.05, 0) is 23.8 Å². The first-order valence-corrected chi connectivity index (χ1v) is 9.96. The average molecular weight is 434 g/mol. The molecule has 0 bridgehead atoms. The number of rotatable bonds is 6. The normalized spacial score (nSPS) is 12.0. The fourth-order valence-electron chi connectivity index (χ4n) is 3.44. The molecule has 162 valence electrons. The van der Waals surface area contributed by atoms with Gasteiger partial charge in [-0.25, -0.2) is 18.3 Å². The number of nitrogens with zero attached hydrogens (tertiary/aromatic N) is 3. The molecule has 0 aliphatic rings. The predicted octanol–water partition coefficient (Wildman–Crippen LogP) is 3.10. The summed E-state index contributed by atoms with van der Waals surface area (Å²) in [7, 11) is 0. The van der Waals surface area contributed by atoms with Crippen molar-refractivity contribution in [3.05, 3.63) is 122 Å². The Hall–Kier alpha value is -3.91. The first-order valence-electron chi connectivity index (χ1n) is 9.96. The van der Waals surface area contributed by atoms with Gasteiger partial charge >= 0.3 is 5.69 Å². The number of benzene rings is 3. The quantitative estimate of drug-likeness (QED) is 0.506. The van der Waals surface area contributed by atoms with E-state index in [1.54, 1.807) is 36.4 Å². The van der Waals surface area contributed by atoms with E-state index in [1.165, 1.54) is 36.4 Å². The molecule has 0 saturated heterocycles. The minimum absolute atomic E-state index is 0.0539. The minimum Gasteiger partial charge on any atom is -0.322 e. The summed E-state index contributed by atoms with van der Waals surface area (Å²) in [5.74, 6) is -1.18. The third kappa shape index (κ3) is 4.26. The molecule has 32 heavy (non-hydrogen) atoms. The smallest absolute Gasteiger partial charge is 0.322 e. The van der Waals surface area contributed by atoms with Gasteiger partial charge in [0.05, 0.1) is 13.1 Å². The lowest BCUT2D eigenvalue weighted by atomic mass is 10.1. The zero-order valence-electron chi connectivity index (χ0n) is 17.0. The largest absolute Gasteiger partial charge is 0.347 e. The van der Waals surface area contributed by atoms with Crippen LogP contribution in [0.25, 0.3) is 11.3 Å². The molecule has 1 unspecified atom stereocenters. The third-order valence-corrected chi connectivity index (χ3v) is 5.13. The molecule has 1 heterocycles. The van der Waals surface area contributed by atoms with Gasteiger partial charge in [0, 0.05) is 17.2 Å². The fourth-order valence-corrected chi connectivity index (χ4v) is 3.44. The lowest BCUT2D eigenvalue weighted by Crippen LogP contribution is -2.44. The van der Waals surface area contributed by atoms with Crippen molar-refractivity contribution >= 4 is 0 Å². The molecule has 4 rings (SSSR count). The number of aromatic nitrogens is 3. The van der Waals surface area contributed by atoms with E-state index in [-0.39, 0.29) is 29.9 Å². The summed E-state index contributed by atoms with van der Waals surface area (Å²) >= 11 is 0. The van der Waals surface area contributed by atoms with Gasteiger partial charge in [-0.15, -0.1) is 0 Å². The maximum Gasteiger partial charge on any atom is 0.347 e. The second kappa shape index (κ2) is 9.07. The molecule has 6 nitrogen and oxygen atoms in total. The van der Waals surface area contributed by atoms with E-state index in [2.05, 4.69) is 5.10 Å².